The molecule has 0 aliphatic rings. The number of fused-ring (bicyclic) bond motifs is 13. The first kappa shape index (κ1) is 42.9. The van der Waals surface area contributed by atoms with E-state index in [1.807, 2.05) is 0 Å². The van der Waals surface area contributed by atoms with Crippen LogP contribution in [0.2, 0.25) is 0 Å². The highest BCUT2D eigenvalue weighted by Gasteiger charge is 2.26. The number of rotatable bonds is 7. The summed E-state index contributed by atoms with van der Waals surface area (Å²) >= 11 is 3.61. The Morgan fingerprint density at radius 1 is 0.263 bits per heavy atom. The van der Waals surface area contributed by atoms with E-state index < -0.39 is 0 Å². The fourth-order valence-corrected chi connectivity index (χ4v) is 14.0. The molecule has 354 valence electrons. The molecule has 16 aromatic rings. The third kappa shape index (κ3) is 6.66. The van der Waals surface area contributed by atoms with Gasteiger partial charge in [0.05, 0.1) is 27.8 Å². The first-order chi connectivity index (χ1) is 37.7. The van der Waals surface area contributed by atoms with Crippen molar-refractivity contribution >= 4 is 107 Å². The second kappa shape index (κ2) is 17.0. The van der Waals surface area contributed by atoms with E-state index in [1.165, 1.54) is 61.9 Å². The minimum Gasteiger partial charge on any atom is -0.307 e. The standard InChI is InChI=1S/C69H41N5S2/c1-4-18-42(19-5-1)56-38-46(69-71-67(44-32-34-52-50-26-12-16-30-60(50)75-62(52)40-44)70-68(72-69)45-33-35-53-51-27-13-17-31-61(51)76-63(53)41-45)39-57(43-20-6-2-7-21-43)64(56)74-59-29-15-11-25-49(59)55-37-36-54-48-24-10-14-28-58(48)73(65(54)66(55)74)47-22-8-3-9-23-47/h1-41H. The number of hydrogen-bond donors (Lipinski definition) is 0. The molecule has 11 aromatic carbocycles. The molecule has 0 spiro atoms. The summed E-state index contributed by atoms with van der Waals surface area (Å²) < 4.78 is 9.92. The Balaban J connectivity index is 1.01. The third-order valence-corrected chi connectivity index (χ3v) is 17.4. The molecule has 0 amide bonds. The van der Waals surface area contributed by atoms with E-state index in [0.717, 1.165) is 72.4 Å². The molecule has 0 radical (unpaired) electrons. The van der Waals surface area contributed by atoms with Gasteiger partial charge in [-0.05, 0) is 71.8 Å². The predicted octanol–water partition coefficient (Wildman–Crippen LogP) is 19.1. The lowest BCUT2D eigenvalue weighted by Gasteiger charge is -2.21. The zero-order valence-electron chi connectivity index (χ0n) is 40.7. The van der Waals surface area contributed by atoms with Crippen molar-refractivity contribution in [1.29, 1.82) is 0 Å². The van der Waals surface area contributed by atoms with Crippen molar-refractivity contribution in [2.24, 2.45) is 0 Å². The quantitative estimate of drug-likeness (QED) is 0.160. The lowest BCUT2D eigenvalue weighted by molar-refractivity contribution is 1.07. The van der Waals surface area contributed by atoms with Crippen molar-refractivity contribution in [1.82, 2.24) is 24.1 Å². The Hall–Kier alpha value is -9.53. The SMILES string of the molecule is c1ccc(-c2cc(-c3nc(-c4ccc5c(c4)sc4ccccc45)nc(-c4ccc5c(c4)sc4ccccc45)n3)cc(-c3ccccc3)c2-n2c3ccccc3c3ccc4c5ccccc5n(-c5ccccc5)c4c32)cc1. The molecular weight excluding hydrogens is 963 g/mol. The molecule has 7 heteroatoms. The van der Waals surface area contributed by atoms with Crippen LogP contribution >= 0.6 is 22.7 Å². The Kier molecular flexibility index (Phi) is 9.61. The smallest absolute Gasteiger partial charge is 0.164 e. The Bertz CT molecular complexity index is 4800. The van der Waals surface area contributed by atoms with Crippen LogP contribution in [-0.2, 0) is 0 Å². The lowest BCUT2D eigenvalue weighted by atomic mass is 9.92. The van der Waals surface area contributed by atoms with Gasteiger partial charge in [0.15, 0.2) is 17.5 Å². The van der Waals surface area contributed by atoms with Crippen molar-refractivity contribution in [3.05, 3.63) is 249 Å². The van der Waals surface area contributed by atoms with E-state index in [4.69, 9.17) is 15.0 Å². The van der Waals surface area contributed by atoms with Crippen LogP contribution < -0.4 is 0 Å². The molecule has 0 aliphatic heterocycles. The average Bonchev–Trinajstić information content (AvgIpc) is 4.34. The maximum atomic E-state index is 5.50. The molecule has 5 nitrogen and oxygen atoms in total. The average molecular weight is 1000 g/mol. The van der Waals surface area contributed by atoms with Gasteiger partial charge < -0.3 is 9.13 Å². The predicted molar refractivity (Wildman–Crippen MR) is 321 cm³/mol. The van der Waals surface area contributed by atoms with Crippen molar-refractivity contribution < 1.29 is 0 Å². The van der Waals surface area contributed by atoms with Gasteiger partial charge in [0.25, 0.3) is 0 Å². The van der Waals surface area contributed by atoms with Crippen LogP contribution in [0, 0.1) is 0 Å². The van der Waals surface area contributed by atoms with Gasteiger partial charge >= 0.3 is 0 Å². The maximum absolute atomic E-state index is 5.50. The number of nitrogens with zero attached hydrogens (tertiary/aromatic N) is 5. The first-order valence-corrected chi connectivity index (χ1v) is 27.2. The molecule has 0 aliphatic carbocycles. The molecular formula is C69H41N5S2. The zero-order valence-corrected chi connectivity index (χ0v) is 42.4. The normalized spacial score (nSPS) is 11.9. The van der Waals surface area contributed by atoms with Gasteiger partial charge in [-0.1, -0.05) is 188 Å². The van der Waals surface area contributed by atoms with Crippen LogP contribution in [0.1, 0.15) is 0 Å². The van der Waals surface area contributed by atoms with Gasteiger partial charge in [-0.3, -0.25) is 0 Å². The molecule has 0 atom stereocenters. The Labute approximate surface area is 444 Å². The molecule has 0 unspecified atom stereocenters. The lowest BCUT2D eigenvalue weighted by Crippen LogP contribution is -2.05. The molecule has 0 saturated carbocycles. The van der Waals surface area contributed by atoms with Crippen LogP contribution in [0.3, 0.4) is 0 Å². The largest absolute Gasteiger partial charge is 0.307 e. The third-order valence-electron chi connectivity index (χ3n) is 15.2. The van der Waals surface area contributed by atoms with E-state index in [1.54, 1.807) is 22.7 Å². The molecule has 0 fully saturated rings. The topological polar surface area (TPSA) is 48.5 Å². The van der Waals surface area contributed by atoms with Crippen molar-refractivity contribution in [3.8, 4) is 67.8 Å². The van der Waals surface area contributed by atoms with Crippen LogP contribution in [0.5, 0.6) is 0 Å². The van der Waals surface area contributed by atoms with Crippen LogP contribution in [0.4, 0.5) is 0 Å². The van der Waals surface area contributed by atoms with Crippen LogP contribution in [-0.4, -0.2) is 24.1 Å². The number of thiophene rings is 2. The monoisotopic (exact) mass is 1000 g/mol. The minimum absolute atomic E-state index is 0.600. The first-order valence-electron chi connectivity index (χ1n) is 25.6. The van der Waals surface area contributed by atoms with Gasteiger partial charge in [0, 0.05) is 95.4 Å². The summed E-state index contributed by atoms with van der Waals surface area (Å²) in [7, 11) is 0. The molecule has 5 heterocycles. The van der Waals surface area contributed by atoms with Crippen molar-refractivity contribution in [3.63, 3.8) is 0 Å². The molecule has 0 saturated heterocycles. The summed E-state index contributed by atoms with van der Waals surface area (Å²) in [5, 5.41) is 9.76. The van der Waals surface area contributed by atoms with Crippen molar-refractivity contribution in [2.75, 3.05) is 0 Å². The summed E-state index contributed by atoms with van der Waals surface area (Å²) in [6.45, 7) is 0. The highest BCUT2D eigenvalue weighted by atomic mass is 32.1. The summed E-state index contributed by atoms with van der Waals surface area (Å²) in [6.07, 6.45) is 0. The Morgan fingerprint density at radius 2 is 0.645 bits per heavy atom. The fourth-order valence-electron chi connectivity index (χ4n) is 11.8. The van der Waals surface area contributed by atoms with Gasteiger partial charge in [0.1, 0.15) is 0 Å². The van der Waals surface area contributed by atoms with E-state index >= 15 is 0 Å². The second-order valence-electron chi connectivity index (χ2n) is 19.5. The molecule has 0 N–H and O–H groups in total. The zero-order chi connectivity index (χ0) is 49.8. The van der Waals surface area contributed by atoms with Gasteiger partial charge in [-0.15, -0.1) is 22.7 Å². The number of benzene rings is 11. The van der Waals surface area contributed by atoms with Gasteiger partial charge in [0.2, 0.25) is 0 Å². The Morgan fingerprint density at radius 3 is 1.16 bits per heavy atom. The second-order valence-corrected chi connectivity index (χ2v) is 21.6. The fraction of sp³-hybridized carbons (Fsp3) is 0. The molecule has 0 bridgehead atoms. The van der Waals surface area contributed by atoms with Gasteiger partial charge in [-0.25, -0.2) is 15.0 Å². The number of aromatic nitrogens is 5. The van der Waals surface area contributed by atoms with Crippen LogP contribution in [0.15, 0.2) is 249 Å². The summed E-state index contributed by atoms with van der Waals surface area (Å²) in [4.78, 5) is 16.4. The highest BCUT2D eigenvalue weighted by molar-refractivity contribution is 7.26. The van der Waals surface area contributed by atoms with E-state index in [0.29, 0.717) is 17.5 Å². The van der Waals surface area contributed by atoms with E-state index in [9.17, 15) is 0 Å². The minimum atomic E-state index is 0.600. The number of hydrogen-bond acceptors (Lipinski definition) is 5. The molecule has 5 aromatic heterocycles. The molecule has 16 rings (SSSR count). The molecule has 76 heavy (non-hydrogen) atoms. The highest BCUT2D eigenvalue weighted by Crippen LogP contribution is 2.47. The van der Waals surface area contributed by atoms with E-state index in [2.05, 4.69) is 258 Å². The summed E-state index contributed by atoms with van der Waals surface area (Å²) in [5.41, 5.74) is 13.8. The van der Waals surface area contributed by atoms with Gasteiger partial charge in [-0.2, -0.15) is 0 Å². The van der Waals surface area contributed by atoms with Crippen molar-refractivity contribution in [2.45, 2.75) is 0 Å². The summed E-state index contributed by atoms with van der Waals surface area (Å²) in [5.74, 6) is 1.85. The van der Waals surface area contributed by atoms with E-state index in [-0.39, 0.29) is 0 Å². The maximum Gasteiger partial charge on any atom is 0.164 e. The number of para-hydroxylation sites is 3. The van der Waals surface area contributed by atoms with Crippen LogP contribution in [0.25, 0.3) is 152 Å². The summed E-state index contributed by atoms with van der Waals surface area (Å²) in [6, 6.07) is 90.0.